The number of carbonyl (C=O) groups excluding carboxylic acids is 1. The molecule has 0 radical (unpaired) electrons. The molecule has 2 fully saturated rings. The van der Waals surface area contributed by atoms with E-state index in [0.29, 0.717) is 25.6 Å². The highest BCUT2D eigenvalue weighted by atomic mass is 32.1. The molecule has 0 aliphatic carbocycles. The van der Waals surface area contributed by atoms with Crippen molar-refractivity contribution >= 4 is 17.2 Å². The molecule has 1 aromatic rings. The first-order chi connectivity index (χ1) is 10.2. The second-order valence-corrected chi connectivity index (χ2v) is 6.58. The SMILES string of the molecule is O=C(NCc1ccsc1)[C@@H]1C[C@@H](O)CN1C1CCOCC1. The lowest BCUT2D eigenvalue weighted by molar-refractivity contribution is -0.127. The van der Waals surface area contributed by atoms with Crippen LogP contribution in [0.4, 0.5) is 0 Å². The summed E-state index contributed by atoms with van der Waals surface area (Å²) in [5.74, 6) is 0.0317. The number of ether oxygens (including phenoxy) is 1. The van der Waals surface area contributed by atoms with Crippen molar-refractivity contribution in [2.24, 2.45) is 0 Å². The van der Waals surface area contributed by atoms with Gasteiger partial charge in [-0.1, -0.05) is 0 Å². The molecule has 0 spiro atoms. The number of rotatable bonds is 4. The predicted molar refractivity (Wildman–Crippen MR) is 81.1 cm³/mol. The standard InChI is InChI=1S/C15H22N2O3S/c18-13-7-14(15(19)16-8-11-3-6-21-10-11)17(9-13)12-1-4-20-5-2-12/h3,6,10,12-14,18H,1-2,4-5,7-9H2,(H,16,19)/t13-,14+/m1/s1. The van der Waals surface area contributed by atoms with Gasteiger partial charge >= 0.3 is 0 Å². The van der Waals surface area contributed by atoms with Crippen LogP contribution in [0.15, 0.2) is 16.8 Å². The maximum absolute atomic E-state index is 12.4. The number of nitrogens with zero attached hydrogens (tertiary/aromatic N) is 1. The van der Waals surface area contributed by atoms with Gasteiger partial charge in [-0.3, -0.25) is 9.69 Å². The molecule has 3 heterocycles. The Morgan fingerprint density at radius 3 is 3.00 bits per heavy atom. The Balaban J connectivity index is 1.59. The summed E-state index contributed by atoms with van der Waals surface area (Å²) in [7, 11) is 0. The monoisotopic (exact) mass is 310 g/mol. The zero-order chi connectivity index (χ0) is 14.7. The lowest BCUT2D eigenvalue weighted by Crippen LogP contribution is -2.49. The van der Waals surface area contributed by atoms with E-state index in [9.17, 15) is 9.90 Å². The minimum atomic E-state index is -0.398. The van der Waals surface area contributed by atoms with Crippen molar-refractivity contribution in [2.75, 3.05) is 19.8 Å². The van der Waals surface area contributed by atoms with Crippen LogP contribution in [0, 0.1) is 0 Å². The summed E-state index contributed by atoms with van der Waals surface area (Å²) in [5, 5.41) is 17.0. The minimum Gasteiger partial charge on any atom is -0.392 e. The summed E-state index contributed by atoms with van der Waals surface area (Å²) in [4.78, 5) is 14.6. The summed E-state index contributed by atoms with van der Waals surface area (Å²) in [5.41, 5.74) is 1.13. The summed E-state index contributed by atoms with van der Waals surface area (Å²) in [6.07, 6.45) is 2.03. The van der Waals surface area contributed by atoms with E-state index in [4.69, 9.17) is 4.74 Å². The van der Waals surface area contributed by atoms with Gasteiger partial charge in [0.2, 0.25) is 5.91 Å². The quantitative estimate of drug-likeness (QED) is 0.870. The number of β-amino-alcohol motifs (C(OH)–C–C–N with tert-alkyl or cyclic N) is 1. The fraction of sp³-hybridized carbons (Fsp3) is 0.667. The van der Waals surface area contributed by atoms with Gasteiger partial charge < -0.3 is 15.2 Å². The Kier molecular flexibility index (Phi) is 4.90. The topological polar surface area (TPSA) is 61.8 Å². The zero-order valence-corrected chi connectivity index (χ0v) is 12.8. The number of hydrogen-bond donors (Lipinski definition) is 2. The lowest BCUT2D eigenvalue weighted by Gasteiger charge is -2.34. The van der Waals surface area contributed by atoms with E-state index in [2.05, 4.69) is 10.2 Å². The summed E-state index contributed by atoms with van der Waals surface area (Å²) in [6, 6.07) is 2.17. The number of likely N-dealkylation sites (tertiary alicyclic amines) is 1. The van der Waals surface area contributed by atoms with E-state index in [1.54, 1.807) is 11.3 Å². The zero-order valence-electron chi connectivity index (χ0n) is 12.0. The van der Waals surface area contributed by atoms with Crippen LogP contribution in [0.1, 0.15) is 24.8 Å². The van der Waals surface area contributed by atoms with Crippen molar-refractivity contribution in [3.8, 4) is 0 Å². The first kappa shape index (κ1) is 15.0. The molecule has 116 valence electrons. The second kappa shape index (κ2) is 6.87. The average molecular weight is 310 g/mol. The molecule has 0 aromatic carbocycles. The maximum atomic E-state index is 12.4. The van der Waals surface area contributed by atoms with Crippen molar-refractivity contribution < 1.29 is 14.6 Å². The van der Waals surface area contributed by atoms with Gasteiger partial charge in [0, 0.05) is 32.3 Å². The van der Waals surface area contributed by atoms with E-state index in [1.165, 1.54) is 0 Å². The number of nitrogens with one attached hydrogen (secondary N) is 1. The third-order valence-electron chi connectivity index (χ3n) is 4.33. The number of aliphatic hydroxyl groups is 1. The fourth-order valence-corrected chi connectivity index (χ4v) is 3.89. The van der Waals surface area contributed by atoms with Gasteiger partial charge in [-0.25, -0.2) is 0 Å². The van der Waals surface area contributed by atoms with Crippen LogP contribution in [0.5, 0.6) is 0 Å². The third kappa shape index (κ3) is 3.63. The van der Waals surface area contributed by atoms with Crippen LogP contribution in [0.2, 0.25) is 0 Å². The van der Waals surface area contributed by atoms with Crippen molar-refractivity contribution in [1.29, 1.82) is 0 Å². The van der Waals surface area contributed by atoms with E-state index in [-0.39, 0.29) is 11.9 Å². The lowest BCUT2D eigenvalue weighted by atomic mass is 10.1. The van der Waals surface area contributed by atoms with Gasteiger partial charge in [-0.15, -0.1) is 0 Å². The highest BCUT2D eigenvalue weighted by Crippen LogP contribution is 2.26. The van der Waals surface area contributed by atoms with Gasteiger partial charge in [-0.05, 0) is 41.7 Å². The fourth-order valence-electron chi connectivity index (χ4n) is 3.22. The van der Waals surface area contributed by atoms with Crippen molar-refractivity contribution in [3.05, 3.63) is 22.4 Å². The average Bonchev–Trinajstić information content (AvgIpc) is 3.15. The number of amides is 1. The molecule has 3 rings (SSSR count). The van der Waals surface area contributed by atoms with Crippen LogP contribution in [0.25, 0.3) is 0 Å². The molecule has 0 unspecified atom stereocenters. The first-order valence-corrected chi connectivity index (χ1v) is 8.48. The molecule has 2 aliphatic rings. The molecule has 1 aromatic heterocycles. The molecule has 6 heteroatoms. The largest absolute Gasteiger partial charge is 0.392 e. The Morgan fingerprint density at radius 1 is 1.48 bits per heavy atom. The van der Waals surface area contributed by atoms with Gasteiger partial charge in [0.25, 0.3) is 0 Å². The van der Waals surface area contributed by atoms with E-state index < -0.39 is 6.10 Å². The molecule has 2 saturated heterocycles. The smallest absolute Gasteiger partial charge is 0.237 e. The number of aliphatic hydroxyl groups excluding tert-OH is 1. The molecule has 1 amide bonds. The van der Waals surface area contributed by atoms with Crippen molar-refractivity contribution in [1.82, 2.24) is 10.2 Å². The summed E-state index contributed by atoms with van der Waals surface area (Å²) < 4.78 is 5.39. The van der Waals surface area contributed by atoms with Crippen LogP contribution in [-0.2, 0) is 16.1 Å². The normalized spacial score (nSPS) is 27.9. The van der Waals surface area contributed by atoms with E-state index >= 15 is 0 Å². The highest BCUT2D eigenvalue weighted by molar-refractivity contribution is 7.07. The van der Waals surface area contributed by atoms with Gasteiger partial charge in [-0.2, -0.15) is 11.3 Å². The number of thiophene rings is 1. The molecule has 2 N–H and O–H groups in total. The van der Waals surface area contributed by atoms with E-state index in [0.717, 1.165) is 31.6 Å². The molecule has 5 nitrogen and oxygen atoms in total. The minimum absolute atomic E-state index is 0.0317. The Labute approximate surface area is 128 Å². The predicted octanol–water partition coefficient (Wildman–Crippen LogP) is 0.978. The van der Waals surface area contributed by atoms with Crippen LogP contribution < -0.4 is 5.32 Å². The number of carbonyl (C=O) groups is 1. The van der Waals surface area contributed by atoms with Crippen LogP contribution in [0.3, 0.4) is 0 Å². The van der Waals surface area contributed by atoms with Crippen molar-refractivity contribution in [3.63, 3.8) is 0 Å². The van der Waals surface area contributed by atoms with Gasteiger partial charge in [0.05, 0.1) is 12.1 Å². The Hall–Kier alpha value is -0.950. The molecule has 0 saturated carbocycles. The molecule has 21 heavy (non-hydrogen) atoms. The van der Waals surface area contributed by atoms with Gasteiger partial charge in [0.1, 0.15) is 0 Å². The van der Waals surface area contributed by atoms with Crippen LogP contribution in [-0.4, -0.2) is 53.9 Å². The summed E-state index contributed by atoms with van der Waals surface area (Å²) >= 11 is 1.63. The first-order valence-electron chi connectivity index (χ1n) is 7.54. The highest BCUT2D eigenvalue weighted by Gasteiger charge is 2.39. The Morgan fingerprint density at radius 2 is 2.29 bits per heavy atom. The van der Waals surface area contributed by atoms with Crippen LogP contribution >= 0.6 is 11.3 Å². The molecule has 2 atom stereocenters. The van der Waals surface area contributed by atoms with E-state index in [1.807, 2.05) is 16.8 Å². The van der Waals surface area contributed by atoms with Gasteiger partial charge in [0.15, 0.2) is 0 Å². The van der Waals surface area contributed by atoms with Crippen molar-refractivity contribution in [2.45, 2.75) is 44.0 Å². The molecular weight excluding hydrogens is 288 g/mol. The maximum Gasteiger partial charge on any atom is 0.237 e. The molecular formula is C15H22N2O3S. The second-order valence-electron chi connectivity index (χ2n) is 5.80. The Bertz CT molecular complexity index is 459. The third-order valence-corrected chi connectivity index (χ3v) is 5.06. The number of hydrogen-bond acceptors (Lipinski definition) is 5. The summed E-state index contributed by atoms with van der Waals surface area (Å²) in [6.45, 7) is 2.67. The molecule has 0 bridgehead atoms. The molecule has 2 aliphatic heterocycles.